The van der Waals surface area contributed by atoms with Crippen molar-refractivity contribution in [2.75, 3.05) is 37.7 Å². The lowest BCUT2D eigenvalue weighted by Crippen LogP contribution is -2.38. The summed E-state index contributed by atoms with van der Waals surface area (Å²) in [6.45, 7) is 14.0. The van der Waals surface area contributed by atoms with Crippen molar-refractivity contribution in [2.45, 2.75) is 60.3 Å². The molecule has 0 bridgehead atoms. The van der Waals surface area contributed by atoms with Gasteiger partial charge in [0.25, 0.3) is 0 Å². The van der Waals surface area contributed by atoms with Crippen LogP contribution in [0.5, 0.6) is 0 Å². The highest BCUT2D eigenvalue weighted by atomic mass is 79.9. The standard InChI is InChI=1S/C35H44BrN5O3/c1-24(2)22-43-34(42)21-39-16-12-28(13-17-39)7-6-15-41(30-10-11-32(31(36)20-30)40-18-14-37-23-40)33-19-29(9-8-25(33)3)35-26(4)38-44-27(35)5/h8-11,14,18-20,23-24,28H,6-7,12-13,15-17,21-22H2,1-5H3. The summed E-state index contributed by atoms with van der Waals surface area (Å²) in [5.41, 5.74) is 7.65. The van der Waals surface area contributed by atoms with Gasteiger partial charge in [0.15, 0.2) is 0 Å². The maximum absolute atomic E-state index is 12.2. The van der Waals surface area contributed by atoms with Gasteiger partial charge in [-0.15, -0.1) is 0 Å². The Labute approximate surface area is 269 Å². The Bertz CT molecular complexity index is 1520. The predicted molar refractivity (Wildman–Crippen MR) is 179 cm³/mol. The summed E-state index contributed by atoms with van der Waals surface area (Å²) in [6.07, 6.45) is 10.0. The zero-order valence-corrected chi connectivity index (χ0v) is 28.1. The van der Waals surface area contributed by atoms with Crippen LogP contribution in [0.1, 0.15) is 56.5 Å². The molecule has 0 N–H and O–H groups in total. The van der Waals surface area contributed by atoms with E-state index in [-0.39, 0.29) is 5.97 Å². The minimum absolute atomic E-state index is 0.104. The average Bonchev–Trinajstić information content (AvgIpc) is 3.65. The second-order valence-electron chi connectivity index (χ2n) is 12.4. The van der Waals surface area contributed by atoms with Gasteiger partial charge in [-0.25, -0.2) is 4.98 Å². The van der Waals surface area contributed by atoms with Gasteiger partial charge in [0.05, 0.1) is 30.9 Å². The van der Waals surface area contributed by atoms with Crippen molar-refractivity contribution in [3.8, 4) is 16.8 Å². The van der Waals surface area contributed by atoms with Gasteiger partial charge in [-0.1, -0.05) is 31.1 Å². The first-order valence-corrected chi connectivity index (χ1v) is 16.5. The number of imidazole rings is 1. The van der Waals surface area contributed by atoms with E-state index in [1.165, 1.54) is 11.3 Å². The summed E-state index contributed by atoms with van der Waals surface area (Å²) in [7, 11) is 0. The molecule has 0 unspecified atom stereocenters. The third-order valence-corrected chi connectivity index (χ3v) is 9.11. The molecule has 5 rings (SSSR count). The van der Waals surface area contributed by atoms with E-state index < -0.39 is 0 Å². The fraction of sp³-hybridized carbons (Fsp3) is 0.457. The summed E-state index contributed by atoms with van der Waals surface area (Å²) < 4.78 is 13.9. The molecule has 8 nitrogen and oxygen atoms in total. The SMILES string of the molecule is Cc1ccc(-c2c(C)noc2C)cc1N(CCCC1CCN(CC(=O)OCC(C)C)CC1)c1ccc(-n2ccnc2)c(Br)c1. The average molecular weight is 663 g/mol. The molecule has 3 heterocycles. The number of carbonyl (C=O) groups is 1. The van der Waals surface area contributed by atoms with Gasteiger partial charge < -0.3 is 18.7 Å². The van der Waals surface area contributed by atoms with Crippen LogP contribution in [0.25, 0.3) is 16.8 Å². The minimum Gasteiger partial charge on any atom is -0.464 e. The second kappa shape index (κ2) is 14.6. The number of hydrogen-bond donors (Lipinski definition) is 0. The van der Waals surface area contributed by atoms with E-state index in [1.807, 2.05) is 30.9 Å². The molecule has 0 amide bonds. The molecule has 44 heavy (non-hydrogen) atoms. The van der Waals surface area contributed by atoms with Crippen LogP contribution in [0.3, 0.4) is 0 Å². The number of nitrogens with zero attached hydrogens (tertiary/aromatic N) is 5. The molecule has 1 fully saturated rings. The van der Waals surface area contributed by atoms with Crippen LogP contribution in [0.2, 0.25) is 0 Å². The van der Waals surface area contributed by atoms with Crippen LogP contribution in [-0.2, 0) is 9.53 Å². The van der Waals surface area contributed by atoms with Crippen molar-refractivity contribution >= 4 is 33.3 Å². The maximum atomic E-state index is 12.2. The Kier molecular flexibility index (Phi) is 10.6. The smallest absolute Gasteiger partial charge is 0.320 e. The van der Waals surface area contributed by atoms with Gasteiger partial charge in [-0.3, -0.25) is 9.69 Å². The summed E-state index contributed by atoms with van der Waals surface area (Å²) >= 11 is 3.83. The largest absolute Gasteiger partial charge is 0.464 e. The normalized spacial score (nSPS) is 14.3. The van der Waals surface area contributed by atoms with Gasteiger partial charge in [-0.05, 0) is 123 Å². The molecule has 0 atom stereocenters. The molecular weight excluding hydrogens is 618 g/mol. The molecule has 0 spiro atoms. The molecule has 2 aromatic carbocycles. The molecular formula is C35H44BrN5O3. The van der Waals surface area contributed by atoms with Gasteiger partial charge in [0.2, 0.25) is 0 Å². The van der Waals surface area contributed by atoms with E-state index in [1.54, 1.807) is 6.20 Å². The van der Waals surface area contributed by atoms with Crippen molar-refractivity contribution in [1.29, 1.82) is 0 Å². The summed E-state index contributed by atoms with van der Waals surface area (Å²) in [4.78, 5) is 21.1. The summed E-state index contributed by atoms with van der Waals surface area (Å²) in [6, 6.07) is 13.2. The van der Waals surface area contributed by atoms with E-state index in [9.17, 15) is 4.79 Å². The van der Waals surface area contributed by atoms with E-state index >= 15 is 0 Å². The topological polar surface area (TPSA) is 76.6 Å². The Hall–Kier alpha value is -3.43. The monoisotopic (exact) mass is 661 g/mol. The minimum atomic E-state index is -0.104. The number of halogens is 1. The van der Waals surface area contributed by atoms with E-state index in [0.717, 1.165) is 83.7 Å². The zero-order valence-electron chi connectivity index (χ0n) is 26.6. The van der Waals surface area contributed by atoms with Crippen molar-refractivity contribution < 1.29 is 14.1 Å². The highest BCUT2D eigenvalue weighted by molar-refractivity contribution is 9.10. The number of rotatable bonds is 12. The number of hydrogen-bond acceptors (Lipinski definition) is 7. The van der Waals surface area contributed by atoms with Crippen LogP contribution in [0.4, 0.5) is 11.4 Å². The second-order valence-corrected chi connectivity index (χ2v) is 13.3. The molecule has 234 valence electrons. The van der Waals surface area contributed by atoms with Gasteiger partial charge in [-0.2, -0.15) is 0 Å². The van der Waals surface area contributed by atoms with Crippen LogP contribution in [-0.4, -0.2) is 58.4 Å². The Balaban J connectivity index is 1.31. The number of piperidine rings is 1. The molecule has 1 aliphatic heterocycles. The number of aromatic nitrogens is 3. The molecule has 1 aliphatic rings. The molecule has 4 aromatic rings. The number of benzene rings is 2. The first-order chi connectivity index (χ1) is 21.2. The van der Waals surface area contributed by atoms with E-state index in [2.05, 4.69) is 93.0 Å². The number of likely N-dealkylation sites (tertiary alicyclic amines) is 1. The molecule has 2 aromatic heterocycles. The maximum Gasteiger partial charge on any atom is 0.320 e. The highest BCUT2D eigenvalue weighted by Gasteiger charge is 2.23. The Morgan fingerprint density at radius 1 is 1.14 bits per heavy atom. The first kappa shape index (κ1) is 32.0. The molecule has 1 saturated heterocycles. The number of esters is 1. The lowest BCUT2D eigenvalue weighted by Gasteiger charge is -2.32. The van der Waals surface area contributed by atoms with Crippen LogP contribution in [0, 0.1) is 32.6 Å². The van der Waals surface area contributed by atoms with Crippen LogP contribution >= 0.6 is 15.9 Å². The van der Waals surface area contributed by atoms with Gasteiger partial charge >= 0.3 is 5.97 Å². The number of anilines is 2. The third-order valence-electron chi connectivity index (χ3n) is 8.48. The van der Waals surface area contributed by atoms with Gasteiger partial charge in [0, 0.05) is 40.3 Å². The summed E-state index contributed by atoms with van der Waals surface area (Å²) in [5, 5.41) is 4.20. The van der Waals surface area contributed by atoms with Gasteiger partial charge in [0.1, 0.15) is 5.76 Å². The third kappa shape index (κ3) is 7.80. The van der Waals surface area contributed by atoms with E-state index in [0.29, 0.717) is 25.0 Å². The van der Waals surface area contributed by atoms with Crippen LogP contribution < -0.4 is 4.90 Å². The summed E-state index contributed by atoms with van der Waals surface area (Å²) in [5.74, 6) is 1.75. The number of ether oxygens (including phenoxy) is 1. The first-order valence-electron chi connectivity index (χ1n) is 15.7. The van der Waals surface area contributed by atoms with Crippen LogP contribution in [0.15, 0.2) is 64.1 Å². The Morgan fingerprint density at radius 2 is 1.93 bits per heavy atom. The van der Waals surface area contributed by atoms with Crippen molar-refractivity contribution in [2.24, 2.45) is 11.8 Å². The highest BCUT2D eigenvalue weighted by Crippen LogP contribution is 2.37. The molecule has 0 aliphatic carbocycles. The predicted octanol–water partition coefficient (Wildman–Crippen LogP) is 8.04. The van der Waals surface area contributed by atoms with E-state index in [4.69, 9.17) is 9.26 Å². The molecule has 9 heteroatoms. The van der Waals surface area contributed by atoms with Crippen molar-refractivity contribution in [3.05, 3.63) is 76.6 Å². The lowest BCUT2D eigenvalue weighted by molar-refractivity contribution is -0.146. The Morgan fingerprint density at radius 3 is 2.59 bits per heavy atom. The zero-order chi connectivity index (χ0) is 31.2. The van der Waals surface area contributed by atoms with Crippen molar-refractivity contribution in [3.63, 3.8) is 0 Å². The molecule has 0 saturated carbocycles. The lowest BCUT2D eigenvalue weighted by atomic mass is 9.92. The molecule has 0 radical (unpaired) electrons. The quantitative estimate of drug-likeness (QED) is 0.142. The number of carbonyl (C=O) groups excluding carboxylic acids is 1. The fourth-order valence-electron chi connectivity index (χ4n) is 6.07. The van der Waals surface area contributed by atoms with Crippen molar-refractivity contribution in [1.82, 2.24) is 19.6 Å². The number of aryl methyl sites for hydroxylation is 3. The fourth-order valence-corrected chi connectivity index (χ4v) is 6.64.